The molecule has 0 bridgehead atoms. The fourth-order valence-electron chi connectivity index (χ4n) is 1.85. The Morgan fingerprint density at radius 2 is 1.79 bits per heavy atom. The van der Waals surface area contributed by atoms with Crippen molar-refractivity contribution in [2.45, 2.75) is 57.0 Å². The van der Waals surface area contributed by atoms with Gasteiger partial charge in [0.1, 0.15) is 0 Å². The van der Waals surface area contributed by atoms with E-state index in [9.17, 15) is 8.42 Å². The van der Waals surface area contributed by atoms with Crippen LogP contribution in [0.4, 0.5) is 0 Å². The molecule has 0 amide bonds. The average Bonchev–Trinajstić information content (AvgIpc) is 2.36. The van der Waals surface area contributed by atoms with Crippen molar-refractivity contribution in [3.05, 3.63) is 29.8 Å². The van der Waals surface area contributed by atoms with Gasteiger partial charge in [0.25, 0.3) is 0 Å². The van der Waals surface area contributed by atoms with Crippen molar-refractivity contribution in [1.82, 2.24) is 4.72 Å². The van der Waals surface area contributed by atoms with Gasteiger partial charge >= 0.3 is 0 Å². The van der Waals surface area contributed by atoms with E-state index in [1.54, 1.807) is 24.3 Å². The van der Waals surface area contributed by atoms with Crippen LogP contribution in [0.25, 0.3) is 0 Å². The summed E-state index contributed by atoms with van der Waals surface area (Å²) in [6.07, 6.45) is 2.94. The van der Waals surface area contributed by atoms with Crippen LogP contribution >= 0.6 is 0 Å². The number of unbranched alkanes of at least 4 members (excludes halogenated alkanes) is 1. The number of hydrogen-bond acceptors (Lipinski definition) is 3. The van der Waals surface area contributed by atoms with Gasteiger partial charge in [0.15, 0.2) is 0 Å². The van der Waals surface area contributed by atoms with E-state index in [-0.39, 0.29) is 12.1 Å². The van der Waals surface area contributed by atoms with E-state index in [0.29, 0.717) is 4.90 Å². The van der Waals surface area contributed by atoms with E-state index >= 15 is 0 Å². The average molecular weight is 284 g/mol. The molecule has 2 unspecified atom stereocenters. The second-order valence-electron chi connectivity index (χ2n) is 5.02. The van der Waals surface area contributed by atoms with E-state index in [4.69, 9.17) is 5.73 Å². The van der Waals surface area contributed by atoms with Crippen LogP contribution in [0.1, 0.15) is 51.6 Å². The first-order chi connectivity index (χ1) is 8.86. The van der Waals surface area contributed by atoms with Crippen LogP contribution in [0.5, 0.6) is 0 Å². The number of sulfonamides is 1. The zero-order chi connectivity index (χ0) is 14.5. The summed E-state index contributed by atoms with van der Waals surface area (Å²) < 4.78 is 27.0. The minimum atomic E-state index is -3.42. The molecule has 0 spiro atoms. The van der Waals surface area contributed by atoms with Crippen LogP contribution in [0.15, 0.2) is 29.2 Å². The third-order valence-electron chi connectivity index (χ3n) is 3.06. The Bertz CT molecular complexity index is 481. The molecule has 0 fully saturated rings. The van der Waals surface area contributed by atoms with Crippen LogP contribution in [-0.4, -0.2) is 14.5 Å². The quantitative estimate of drug-likeness (QED) is 0.808. The Hall–Kier alpha value is -0.910. The number of nitrogens with one attached hydrogen (secondary N) is 1. The lowest BCUT2D eigenvalue weighted by Gasteiger charge is -2.14. The number of benzene rings is 1. The summed E-state index contributed by atoms with van der Waals surface area (Å²) in [7, 11) is -3.42. The summed E-state index contributed by atoms with van der Waals surface area (Å²) in [6.45, 7) is 5.85. The fraction of sp³-hybridized carbons (Fsp3) is 0.571. The van der Waals surface area contributed by atoms with Crippen molar-refractivity contribution < 1.29 is 8.42 Å². The molecule has 0 saturated heterocycles. The summed E-state index contributed by atoms with van der Waals surface area (Å²) in [6, 6.07) is 6.60. The van der Waals surface area contributed by atoms with Gasteiger partial charge in [-0.05, 0) is 38.0 Å². The molecule has 0 aliphatic carbocycles. The topological polar surface area (TPSA) is 72.2 Å². The van der Waals surface area contributed by atoms with Crippen molar-refractivity contribution in [3.63, 3.8) is 0 Å². The Kier molecular flexibility index (Phi) is 5.97. The predicted molar refractivity (Wildman–Crippen MR) is 78.4 cm³/mol. The lowest BCUT2D eigenvalue weighted by molar-refractivity contribution is 0.534. The van der Waals surface area contributed by atoms with Crippen molar-refractivity contribution >= 4 is 10.0 Å². The SMILES string of the molecule is CCCCC(C)NS(=O)(=O)c1ccc(C(C)N)cc1. The highest BCUT2D eigenvalue weighted by Crippen LogP contribution is 2.15. The highest BCUT2D eigenvalue weighted by atomic mass is 32.2. The van der Waals surface area contributed by atoms with Crippen LogP contribution < -0.4 is 10.5 Å². The smallest absolute Gasteiger partial charge is 0.240 e. The van der Waals surface area contributed by atoms with Crippen molar-refractivity contribution in [1.29, 1.82) is 0 Å². The predicted octanol–water partition coefficient (Wildman–Crippen LogP) is 2.56. The molecule has 1 aromatic carbocycles. The Morgan fingerprint density at radius 3 is 2.26 bits per heavy atom. The third kappa shape index (κ3) is 4.93. The van der Waals surface area contributed by atoms with Crippen LogP contribution in [0.2, 0.25) is 0 Å². The van der Waals surface area contributed by atoms with Gasteiger partial charge in [0, 0.05) is 12.1 Å². The van der Waals surface area contributed by atoms with Crippen molar-refractivity contribution in [2.24, 2.45) is 5.73 Å². The monoisotopic (exact) mass is 284 g/mol. The van der Waals surface area contributed by atoms with Crippen LogP contribution in [0.3, 0.4) is 0 Å². The summed E-state index contributed by atoms with van der Waals surface area (Å²) >= 11 is 0. The first-order valence-corrected chi connectivity index (χ1v) is 8.23. The summed E-state index contributed by atoms with van der Waals surface area (Å²) in [4.78, 5) is 0.292. The molecule has 0 aliphatic heterocycles. The van der Waals surface area contributed by atoms with Gasteiger partial charge in [-0.3, -0.25) is 0 Å². The van der Waals surface area contributed by atoms with E-state index < -0.39 is 10.0 Å². The molecule has 1 rings (SSSR count). The molecule has 0 radical (unpaired) electrons. The number of nitrogens with two attached hydrogens (primary N) is 1. The van der Waals surface area contributed by atoms with Gasteiger partial charge in [-0.2, -0.15) is 0 Å². The maximum Gasteiger partial charge on any atom is 0.240 e. The largest absolute Gasteiger partial charge is 0.324 e. The lowest BCUT2D eigenvalue weighted by atomic mass is 10.1. The van der Waals surface area contributed by atoms with E-state index in [0.717, 1.165) is 24.8 Å². The van der Waals surface area contributed by atoms with Crippen LogP contribution in [0, 0.1) is 0 Å². The number of hydrogen-bond donors (Lipinski definition) is 2. The fourth-order valence-corrected chi connectivity index (χ4v) is 3.13. The Balaban J connectivity index is 2.77. The van der Waals surface area contributed by atoms with Gasteiger partial charge in [-0.25, -0.2) is 13.1 Å². The highest BCUT2D eigenvalue weighted by Gasteiger charge is 2.17. The molecule has 0 saturated carbocycles. The summed E-state index contributed by atoms with van der Waals surface area (Å²) in [5.41, 5.74) is 6.67. The van der Waals surface area contributed by atoms with Gasteiger partial charge in [0.05, 0.1) is 4.90 Å². The molecular weight excluding hydrogens is 260 g/mol. The molecule has 4 nitrogen and oxygen atoms in total. The summed E-state index contributed by atoms with van der Waals surface area (Å²) in [5, 5.41) is 0. The molecule has 5 heteroatoms. The van der Waals surface area contributed by atoms with Gasteiger partial charge in [-0.15, -0.1) is 0 Å². The first-order valence-electron chi connectivity index (χ1n) is 6.74. The molecule has 3 N–H and O–H groups in total. The zero-order valence-corrected chi connectivity index (χ0v) is 12.7. The molecule has 1 aromatic rings. The Morgan fingerprint density at radius 1 is 1.21 bits per heavy atom. The zero-order valence-electron chi connectivity index (χ0n) is 11.9. The van der Waals surface area contributed by atoms with E-state index in [1.807, 2.05) is 13.8 Å². The van der Waals surface area contributed by atoms with Crippen molar-refractivity contribution in [2.75, 3.05) is 0 Å². The Labute approximate surface area is 116 Å². The highest BCUT2D eigenvalue weighted by molar-refractivity contribution is 7.89. The third-order valence-corrected chi connectivity index (χ3v) is 4.67. The van der Waals surface area contributed by atoms with Crippen molar-refractivity contribution in [3.8, 4) is 0 Å². The van der Waals surface area contributed by atoms with Gasteiger partial charge in [-0.1, -0.05) is 31.9 Å². The van der Waals surface area contributed by atoms with Gasteiger partial charge < -0.3 is 5.73 Å². The second kappa shape index (κ2) is 7.03. The lowest BCUT2D eigenvalue weighted by Crippen LogP contribution is -2.32. The molecule has 108 valence electrons. The minimum Gasteiger partial charge on any atom is -0.324 e. The standard InChI is InChI=1S/C14H24N2O2S/c1-4-5-6-11(2)16-19(17,18)14-9-7-13(8-10-14)12(3)15/h7-12,16H,4-6,15H2,1-3H3. The minimum absolute atomic E-state index is 0.0435. The van der Waals surface area contributed by atoms with Crippen LogP contribution in [-0.2, 0) is 10.0 Å². The van der Waals surface area contributed by atoms with E-state index in [2.05, 4.69) is 11.6 Å². The van der Waals surface area contributed by atoms with Gasteiger partial charge in [0.2, 0.25) is 10.0 Å². The molecule has 0 aliphatic rings. The van der Waals surface area contributed by atoms with E-state index in [1.165, 1.54) is 0 Å². The first kappa shape index (κ1) is 16.1. The molecule has 19 heavy (non-hydrogen) atoms. The molecule has 0 heterocycles. The normalized spacial score (nSPS) is 15.2. The molecule has 0 aromatic heterocycles. The maximum atomic E-state index is 12.1. The second-order valence-corrected chi connectivity index (χ2v) is 6.74. The molecule has 2 atom stereocenters. The molecular formula is C14H24N2O2S. The maximum absolute atomic E-state index is 12.1. The number of rotatable bonds is 7. The summed E-state index contributed by atoms with van der Waals surface area (Å²) in [5.74, 6) is 0.